The lowest BCUT2D eigenvalue weighted by Crippen LogP contribution is -2.56. The van der Waals surface area contributed by atoms with Gasteiger partial charge in [-0.1, -0.05) is 0 Å². The first-order chi connectivity index (χ1) is 14.4. The molecule has 2 fully saturated rings. The van der Waals surface area contributed by atoms with E-state index >= 15 is 4.39 Å². The third-order valence-corrected chi connectivity index (χ3v) is 6.64. The van der Waals surface area contributed by atoms with Crippen molar-refractivity contribution in [3.63, 3.8) is 0 Å². The Labute approximate surface area is 172 Å². The number of aromatic nitrogens is 4. The molecule has 0 unspecified atom stereocenters. The first-order valence-corrected chi connectivity index (χ1v) is 10.1. The lowest BCUT2D eigenvalue weighted by Gasteiger charge is -2.43. The Morgan fingerprint density at radius 1 is 1.23 bits per heavy atom. The molecule has 2 aliphatic heterocycles. The van der Waals surface area contributed by atoms with Crippen LogP contribution in [-0.4, -0.2) is 68.0 Å². The van der Waals surface area contributed by atoms with Gasteiger partial charge >= 0.3 is 0 Å². The van der Waals surface area contributed by atoms with Crippen molar-refractivity contribution in [3.05, 3.63) is 47.0 Å². The van der Waals surface area contributed by atoms with Crippen molar-refractivity contribution >= 4 is 11.5 Å². The molecule has 1 N–H and O–H groups in total. The summed E-state index contributed by atoms with van der Waals surface area (Å²) in [6, 6.07) is 6.38. The second-order valence-electron chi connectivity index (χ2n) is 8.18. The minimum Gasteiger partial charge on any atom is -0.507 e. The van der Waals surface area contributed by atoms with Crippen molar-refractivity contribution in [2.45, 2.75) is 43.6 Å². The molecule has 3 aromatic rings. The summed E-state index contributed by atoms with van der Waals surface area (Å²) in [4.78, 5) is 20.2. The molecule has 2 saturated heterocycles. The van der Waals surface area contributed by atoms with Crippen LogP contribution in [0, 0.1) is 0 Å². The predicted octanol–water partition coefficient (Wildman–Crippen LogP) is 1.87. The molecule has 0 spiro atoms. The average Bonchev–Trinajstić information content (AvgIpc) is 3.00. The molecule has 0 saturated carbocycles. The van der Waals surface area contributed by atoms with Gasteiger partial charge in [0.1, 0.15) is 17.6 Å². The number of aromatic hydroxyl groups is 1. The molecule has 9 heteroatoms. The van der Waals surface area contributed by atoms with Crippen molar-refractivity contribution < 1.29 is 9.50 Å². The number of nitrogens with zero attached hydrogens (tertiary/aromatic N) is 6. The number of anilines is 1. The molecule has 2 bridgehead atoms. The zero-order chi connectivity index (χ0) is 21.0. The van der Waals surface area contributed by atoms with Crippen molar-refractivity contribution in [2.75, 3.05) is 19.0 Å². The molecule has 3 aromatic heterocycles. The normalized spacial score (nSPS) is 26.2. The Hall–Kier alpha value is -3.07. The standard InChI is InChI=1S/C21H23FN6O2/c1-26-12-3-5-15(26)21(22)16(9-12)27(2)18-6-4-14(24-25-18)13-11-28-19(10-17(13)29)23-8-7-20(28)30/h4,6-8,10-12,15-16,21,29H,3,5,9H2,1-2H3/t12-,15+,16-,21+/m1/s1. The van der Waals surface area contributed by atoms with E-state index in [-0.39, 0.29) is 23.4 Å². The number of alkyl halides is 1. The van der Waals surface area contributed by atoms with Gasteiger partial charge in [0.25, 0.3) is 5.56 Å². The van der Waals surface area contributed by atoms with Gasteiger partial charge in [-0.25, -0.2) is 9.37 Å². The molecule has 5 rings (SSSR count). The Morgan fingerprint density at radius 2 is 2.07 bits per heavy atom. The van der Waals surface area contributed by atoms with Crippen LogP contribution in [0.2, 0.25) is 0 Å². The van der Waals surface area contributed by atoms with Crippen LogP contribution >= 0.6 is 0 Å². The molecule has 30 heavy (non-hydrogen) atoms. The summed E-state index contributed by atoms with van der Waals surface area (Å²) in [5.74, 6) is 0.536. The highest BCUT2D eigenvalue weighted by Crippen LogP contribution is 2.38. The monoisotopic (exact) mass is 410 g/mol. The van der Waals surface area contributed by atoms with E-state index in [1.165, 1.54) is 28.9 Å². The summed E-state index contributed by atoms with van der Waals surface area (Å²) in [5, 5.41) is 18.9. The number of hydrogen-bond donors (Lipinski definition) is 1. The number of pyridine rings is 1. The number of fused-ring (bicyclic) bond motifs is 3. The summed E-state index contributed by atoms with van der Waals surface area (Å²) in [5.41, 5.74) is 0.887. The van der Waals surface area contributed by atoms with Crippen LogP contribution in [0.3, 0.4) is 0 Å². The average molecular weight is 410 g/mol. The van der Waals surface area contributed by atoms with Crippen LogP contribution in [0.25, 0.3) is 16.9 Å². The quantitative estimate of drug-likeness (QED) is 0.705. The second-order valence-corrected chi connectivity index (χ2v) is 8.18. The maximum Gasteiger partial charge on any atom is 0.257 e. The Bertz CT molecular complexity index is 1150. The molecule has 8 nitrogen and oxygen atoms in total. The number of hydrogen-bond acceptors (Lipinski definition) is 7. The fraction of sp³-hybridized carbons (Fsp3) is 0.429. The van der Waals surface area contributed by atoms with Crippen molar-refractivity contribution in [1.29, 1.82) is 0 Å². The Kier molecular flexibility index (Phi) is 4.43. The zero-order valence-electron chi connectivity index (χ0n) is 16.8. The fourth-order valence-electron chi connectivity index (χ4n) is 4.83. The summed E-state index contributed by atoms with van der Waals surface area (Å²) in [7, 11) is 3.86. The predicted molar refractivity (Wildman–Crippen MR) is 110 cm³/mol. The van der Waals surface area contributed by atoms with E-state index in [1.807, 2.05) is 19.0 Å². The van der Waals surface area contributed by atoms with E-state index in [0.29, 0.717) is 28.8 Å². The lowest BCUT2D eigenvalue weighted by atomic mass is 9.95. The van der Waals surface area contributed by atoms with Gasteiger partial charge in [0, 0.05) is 43.7 Å². The van der Waals surface area contributed by atoms with E-state index in [0.717, 1.165) is 19.3 Å². The Balaban J connectivity index is 1.44. The van der Waals surface area contributed by atoms with Gasteiger partial charge in [-0.05, 0) is 38.4 Å². The second kappa shape index (κ2) is 7.02. The molecule has 0 aromatic carbocycles. The molecule has 0 aliphatic carbocycles. The minimum absolute atomic E-state index is 0.0371. The molecule has 156 valence electrons. The molecule has 0 radical (unpaired) electrons. The van der Waals surface area contributed by atoms with Crippen LogP contribution < -0.4 is 10.5 Å². The number of piperidine rings is 1. The van der Waals surface area contributed by atoms with Crippen LogP contribution in [0.5, 0.6) is 5.75 Å². The largest absolute Gasteiger partial charge is 0.507 e. The van der Waals surface area contributed by atoms with E-state index in [1.54, 1.807) is 12.1 Å². The molecular weight excluding hydrogens is 387 g/mol. The minimum atomic E-state index is -0.941. The lowest BCUT2D eigenvalue weighted by molar-refractivity contribution is 0.0701. The highest BCUT2D eigenvalue weighted by atomic mass is 19.1. The summed E-state index contributed by atoms with van der Waals surface area (Å²) in [6.07, 6.45) is 4.65. The summed E-state index contributed by atoms with van der Waals surface area (Å²) in [6.45, 7) is 0. The van der Waals surface area contributed by atoms with Crippen LogP contribution in [-0.2, 0) is 0 Å². The van der Waals surface area contributed by atoms with E-state index in [2.05, 4.69) is 20.1 Å². The smallest absolute Gasteiger partial charge is 0.257 e. The van der Waals surface area contributed by atoms with Crippen molar-refractivity contribution in [1.82, 2.24) is 24.5 Å². The fourth-order valence-corrected chi connectivity index (χ4v) is 4.83. The van der Waals surface area contributed by atoms with Crippen molar-refractivity contribution in [3.8, 4) is 17.0 Å². The van der Waals surface area contributed by atoms with Gasteiger partial charge in [-0.15, -0.1) is 10.2 Å². The third-order valence-electron chi connectivity index (χ3n) is 6.64. The van der Waals surface area contributed by atoms with Gasteiger partial charge in [0.2, 0.25) is 0 Å². The van der Waals surface area contributed by atoms with E-state index < -0.39 is 6.17 Å². The Morgan fingerprint density at radius 3 is 2.83 bits per heavy atom. The topological polar surface area (TPSA) is 86.9 Å². The summed E-state index contributed by atoms with van der Waals surface area (Å²) >= 11 is 0. The van der Waals surface area contributed by atoms with E-state index in [9.17, 15) is 9.90 Å². The zero-order valence-corrected chi connectivity index (χ0v) is 16.8. The molecule has 4 atom stereocenters. The first kappa shape index (κ1) is 18.9. The third kappa shape index (κ3) is 2.92. The first-order valence-electron chi connectivity index (χ1n) is 10.1. The SMILES string of the molecule is CN(c1ccc(-c2cn3c(=O)ccnc3cc2O)nn1)[C@@H]1C[C@H]2CC[C@@H]([C@@H]1F)N2C. The van der Waals surface area contributed by atoms with Gasteiger partial charge in [-0.2, -0.15) is 0 Å². The highest BCUT2D eigenvalue weighted by molar-refractivity contribution is 5.69. The van der Waals surface area contributed by atoms with Crippen LogP contribution in [0.4, 0.5) is 10.2 Å². The van der Waals surface area contributed by atoms with Gasteiger partial charge in [0.15, 0.2) is 5.82 Å². The molecule has 0 amide bonds. The van der Waals surface area contributed by atoms with Gasteiger partial charge in [0.05, 0.1) is 17.3 Å². The van der Waals surface area contributed by atoms with E-state index in [4.69, 9.17) is 0 Å². The maximum absolute atomic E-state index is 15.1. The maximum atomic E-state index is 15.1. The number of halogens is 1. The molecular formula is C21H23FN6O2. The summed E-state index contributed by atoms with van der Waals surface area (Å²) < 4.78 is 16.5. The van der Waals surface area contributed by atoms with Crippen LogP contribution in [0.15, 0.2) is 41.5 Å². The van der Waals surface area contributed by atoms with Crippen LogP contribution in [0.1, 0.15) is 19.3 Å². The highest BCUT2D eigenvalue weighted by Gasteiger charge is 2.47. The van der Waals surface area contributed by atoms with Gasteiger partial charge < -0.3 is 10.0 Å². The number of rotatable bonds is 3. The van der Waals surface area contributed by atoms with Crippen molar-refractivity contribution in [2.24, 2.45) is 0 Å². The van der Waals surface area contributed by atoms with Gasteiger partial charge in [-0.3, -0.25) is 14.1 Å². The molecule has 2 aliphatic rings. The molecule has 5 heterocycles.